The fourth-order valence-electron chi connectivity index (χ4n) is 2.22. The van der Waals surface area contributed by atoms with Crippen molar-refractivity contribution in [1.29, 1.82) is 0 Å². The number of nitrogens with one attached hydrogen (secondary N) is 2. The van der Waals surface area contributed by atoms with Gasteiger partial charge in [-0.15, -0.1) is 0 Å². The Labute approximate surface area is 149 Å². The monoisotopic (exact) mass is 349 g/mol. The summed E-state index contributed by atoms with van der Waals surface area (Å²) in [6.07, 6.45) is 0. The van der Waals surface area contributed by atoms with Crippen LogP contribution in [0.5, 0.6) is 0 Å². The van der Waals surface area contributed by atoms with Gasteiger partial charge in [-0.1, -0.05) is 17.7 Å². The van der Waals surface area contributed by atoms with Gasteiger partial charge in [-0.2, -0.15) is 0 Å². The minimum absolute atomic E-state index is 0.0358. The summed E-state index contributed by atoms with van der Waals surface area (Å²) in [6, 6.07) is 7.05. The Morgan fingerprint density at radius 1 is 1.12 bits per heavy atom. The van der Waals surface area contributed by atoms with Crippen molar-refractivity contribution < 1.29 is 19.3 Å². The number of hydrogen-bond donors (Lipinski definition) is 2. The molecule has 0 heterocycles. The van der Waals surface area contributed by atoms with Gasteiger partial charge in [0.05, 0.1) is 13.6 Å². The lowest BCUT2D eigenvalue weighted by Crippen LogP contribution is -3.15. The first kappa shape index (κ1) is 20.6. The summed E-state index contributed by atoms with van der Waals surface area (Å²) in [5.41, 5.74) is 1.81. The predicted molar refractivity (Wildman–Crippen MR) is 97.4 cm³/mol. The van der Waals surface area contributed by atoms with E-state index >= 15 is 0 Å². The third kappa shape index (κ3) is 6.54. The van der Waals surface area contributed by atoms with Gasteiger partial charge in [0.25, 0.3) is 11.8 Å². The Kier molecular flexibility index (Phi) is 7.57. The van der Waals surface area contributed by atoms with Crippen molar-refractivity contribution in [3.05, 3.63) is 29.8 Å². The van der Waals surface area contributed by atoms with Crippen LogP contribution in [0.4, 0.5) is 5.69 Å². The number of likely N-dealkylation sites (N-methyl/N-ethyl adjacent to an activating group) is 3. The van der Waals surface area contributed by atoms with Crippen molar-refractivity contribution >= 4 is 23.4 Å². The highest BCUT2D eigenvalue weighted by atomic mass is 16.2. The lowest BCUT2D eigenvalue weighted by atomic mass is 10.2. The maximum Gasteiger partial charge on any atom is 0.280 e. The van der Waals surface area contributed by atoms with E-state index in [-0.39, 0.29) is 30.8 Å². The van der Waals surface area contributed by atoms with E-state index in [0.717, 1.165) is 10.5 Å². The van der Waals surface area contributed by atoms with E-state index < -0.39 is 6.04 Å². The van der Waals surface area contributed by atoms with Crippen molar-refractivity contribution in [1.82, 2.24) is 9.80 Å². The van der Waals surface area contributed by atoms with Crippen LogP contribution in [0.25, 0.3) is 0 Å². The van der Waals surface area contributed by atoms with Crippen LogP contribution in [0.2, 0.25) is 0 Å². The molecule has 25 heavy (non-hydrogen) atoms. The molecule has 1 aromatic rings. The van der Waals surface area contributed by atoms with Crippen molar-refractivity contribution in [3.8, 4) is 0 Å². The minimum atomic E-state index is -0.416. The van der Waals surface area contributed by atoms with Crippen LogP contribution in [0.3, 0.4) is 0 Å². The Morgan fingerprint density at radius 3 is 2.20 bits per heavy atom. The van der Waals surface area contributed by atoms with E-state index in [1.165, 1.54) is 9.80 Å². The van der Waals surface area contributed by atoms with E-state index in [9.17, 15) is 14.4 Å². The van der Waals surface area contributed by atoms with Crippen LogP contribution >= 0.6 is 0 Å². The molecule has 1 aromatic carbocycles. The quantitative estimate of drug-likeness (QED) is 0.689. The highest BCUT2D eigenvalue weighted by molar-refractivity contribution is 5.95. The van der Waals surface area contributed by atoms with Gasteiger partial charge >= 0.3 is 0 Å². The molecule has 1 unspecified atom stereocenters. The number of rotatable bonds is 7. The van der Waals surface area contributed by atoms with Gasteiger partial charge in [-0.25, -0.2) is 0 Å². The number of anilines is 1. The molecule has 0 bridgehead atoms. The first-order valence-electron chi connectivity index (χ1n) is 8.25. The fraction of sp³-hybridized carbons (Fsp3) is 0.500. The normalized spacial score (nSPS) is 12.9. The molecule has 3 amide bonds. The standard InChI is InChI=1S/C18H28N4O3/c1-13-7-9-15(10-8-13)19-16(23)11-22(6)18(25)14(2)21(5)12-17(24)20(3)4/h7-10,14H,11-12H2,1-6H3,(H,19,23)/p+1/t14-/m1/s1. The van der Waals surface area contributed by atoms with Gasteiger partial charge in [0, 0.05) is 26.8 Å². The molecule has 2 atom stereocenters. The van der Waals surface area contributed by atoms with E-state index in [4.69, 9.17) is 0 Å². The van der Waals surface area contributed by atoms with E-state index in [0.29, 0.717) is 5.69 Å². The molecule has 138 valence electrons. The molecule has 7 nitrogen and oxygen atoms in total. The third-order valence-electron chi connectivity index (χ3n) is 4.13. The Morgan fingerprint density at radius 2 is 1.68 bits per heavy atom. The van der Waals surface area contributed by atoms with Crippen LogP contribution in [-0.4, -0.2) is 74.8 Å². The Balaban J connectivity index is 2.55. The Bertz CT molecular complexity index is 613. The maximum atomic E-state index is 12.5. The molecule has 1 rings (SSSR count). The molecule has 0 aliphatic heterocycles. The lowest BCUT2D eigenvalue weighted by Gasteiger charge is -2.25. The molecule has 2 N–H and O–H groups in total. The van der Waals surface area contributed by atoms with Gasteiger partial charge in [0.15, 0.2) is 12.6 Å². The number of amides is 3. The first-order valence-corrected chi connectivity index (χ1v) is 8.25. The Hall–Kier alpha value is -2.41. The second-order valence-corrected chi connectivity index (χ2v) is 6.64. The topological polar surface area (TPSA) is 74.2 Å². The van der Waals surface area contributed by atoms with Crippen LogP contribution in [0.1, 0.15) is 12.5 Å². The molecule has 0 aliphatic carbocycles. The smallest absolute Gasteiger partial charge is 0.280 e. The molecule has 0 saturated carbocycles. The van der Waals surface area contributed by atoms with Crippen LogP contribution in [-0.2, 0) is 14.4 Å². The molecular weight excluding hydrogens is 320 g/mol. The average Bonchev–Trinajstić information content (AvgIpc) is 2.55. The van der Waals surface area contributed by atoms with Crippen molar-refractivity contribution in [2.75, 3.05) is 46.6 Å². The molecule has 0 aromatic heterocycles. The summed E-state index contributed by atoms with van der Waals surface area (Å²) in [4.78, 5) is 40.0. The van der Waals surface area contributed by atoms with Gasteiger partial charge in [-0.3, -0.25) is 14.4 Å². The summed E-state index contributed by atoms with van der Waals surface area (Å²) in [5, 5.41) is 2.77. The SMILES string of the molecule is Cc1ccc(NC(=O)CN(C)C(=O)[C@@H](C)[NH+](C)CC(=O)N(C)C)cc1. The zero-order chi connectivity index (χ0) is 19.1. The van der Waals surface area contributed by atoms with Gasteiger partial charge < -0.3 is 20.0 Å². The highest BCUT2D eigenvalue weighted by Gasteiger charge is 2.28. The number of benzene rings is 1. The zero-order valence-corrected chi connectivity index (χ0v) is 15.9. The second kappa shape index (κ2) is 9.17. The van der Waals surface area contributed by atoms with Crippen molar-refractivity contribution in [2.45, 2.75) is 19.9 Å². The summed E-state index contributed by atoms with van der Waals surface area (Å²) < 4.78 is 0. The molecule has 7 heteroatoms. The van der Waals surface area contributed by atoms with Gasteiger partial charge in [0.2, 0.25) is 5.91 Å². The van der Waals surface area contributed by atoms with Crippen LogP contribution in [0.15, 0.2) is 24.3 Å². The number of quaternary nitrogens is 1. The molecule has 0 radical (unpaired) electrons. The van der Waals surface area contributed by atoms with E-state index in [2.05, 4.69) is 5.32 Å². The second-order valence-electron chi connectivity index (χ2n) is 6.64. The molecular formula is C18H29N4O3+. The number of aryl methyl sites for hydroxylation is 1. The minimum Gasteiger partial charge on any atom is -0.344 e. The zero-order valence-electron chi connectivity index (χ0n) is 15.9. The van der Waals surface area contributed by atoms with Crippen LogP contribution in [0, 0.1) is 6.92 Å². The molecule has 0 fully saturated rings. The number of hydrogen-bond acceptors (Lipinski definition) is 3. The van der Waals surface area contributed by atoms with E-state index in [1.54, 1.807) is 35.1 Å². The molecule has 0 spiro atoms. The fourth-order valence-corrected chi connectivity index (χ4v) is 2.22. The molecule has 0 aliphatic rings. The first-order chi connectivity index (χ1) is 11.6. The summed E-state index contributed by atoms with van der Waals surface area (Å²) in [5.74, 6) is -0.478. The van der Waals surface area contributed by atoms with Crippen LogP contribution < -0.4 is 10.2 Å². The summed E-state index contributed by atoms with van der Waals surface area (Å²) in [6.45, 7) is 3.92. The third-order valence-corrected chi connectivity index (χ3v) is 4.13. The predicted octanol–water partition coefficient (Wildman–Crippen LogP) is -0.617. The number of carbonyl (C=O) groups is 3. The average molecular weight is 349 g/mol. The molecule has 0 saturated heterocycles. The van der Waals surface area contributed by atoms with Gasteiger partial charge in [-0.05, 0) is 26.0 Å². The lowest BCUT2D eigenvalue weighted by molar-refractivity contribution is -0.886. The maximum absolute atomic E-state index is 12.5. The van der Waals surface area contributed by atoms with E-state index in [1.807, 2.05) is 31.2 Å². The largest absolute Gasteiger partial charge is 0.344 e. The van der Waals surface area contributed by atoms with Gasteiger partial charge in [0.1, 0.15) is 0 Å². The van der Waals surface area contributed by atoms with Crippen molar-refractivity contribution in [3.63, 3.8) is 0 Å². The number of nitrogens with zero attached hydrogens (tertiary/aromatic N) is 2. The number of carbonyl (C=O) groups excluding carboxylic acids is 3. The van der Waals surface area contributed by atoms with Crippen molar-refractivity contribution in [2.24, 2.45) is 0 Å². The summed E-state index contributed by atoms with van der Waals surface area (Å²) in [7, 11) is 6.76. The summed E-state index contributed by atoms with van der Waals surface area (Å²) >= 11 is 0. The highest BCUT2D eigenvalue weighted by Crippen LogP contribution is 2.08.